The summed E-state index contributed by atoms with van der Waals surface area (Å²) >= 11 is 0. The molecule has 0 saturated carbocycles. The first kappa shape index (κ1) is 19.7. The Labute approximate surface area is 137 Å². The van der Waals surface area contributed by atoms with Gasteiger partial charge in [-0.3, -0.25) is 0 Å². The van der Waals surface area contributed by atoms with E-state index in [2.05, 4.69) is 19.1 Å². The first-order chi connectivity index (χ1) is 10.9. The second-order valence-corrected chi connectivity index (χ2v) is 6.19. The highest BCUT2D eigenvalue weighted by Crippen LogP contribution is 2.09. The van der Waals surface area contributed by atoms with E-state index in [0.29, 0.717) is 6.10 Å². The maximum Gasteiger partial charge on any atom is 0.104 e. The molecule has 0 N–H and O–H groups in total. The first-order valence-electron chi connectivity index (χ1n) is 9.35. The lowest BCUT2D eigenvalue weighted by Gasteiger charge is -2.02. The molecule has 0 aliphatic carbocycles. The van der Waals surface area contributed by atoms with Crippen LogP contribution in [-0.4, -0.2) is 39.1 Å². The van der Waals surface area contributed by atoms with Crippen molar-refractivity contribution in [3.8, 4) is 0 Å². The maximum atomic E-state index is 5.61. The molecule has 0 aromatic rings. The third-order valence-electron chi connectivity index (χ3n) is 3.89. The molecule has 3 heteroatoms. The van der Waals surface area contributed by atoms with Gasteiger partial charge in [0, 0.05) is 13.2 Å². The number of epoxide rings is 1. The Morgan fingerprint density at radius 2 is 1.55 bits per heavy atom. The van der Waals surface area contributed by atoms with Crippen molar-refractivity contribution in [2.45, 2.75) is 77.2 Å². The van der Waals surface area contributed by atoms with E-state index in [1.54, 1.807) is 0 Å². The van der Waals surface area contributed by atoms with Crippen LogP contribution in [0.1, 0.15) is 71.1 Å². The number of unbranched alkanes of at least 4 members (excludes halogenated alkanes) is 8. The van der Waals surface area contributed by atoms with E-state index in [0.717, 1.165) is 45.9 Å². The Balaban J connectivity index is 1.65. The summed E-state index contributed by atoms with van der Waals surface area (Å²) in [6, 6.07) is 0. The standard InChI is InChI=1S/C19H36O3/c1-2-3-4-5-6-7-8-11-14-20-15-12-9-10-13-16-21-17-19-18-22-19/h9,12,19H,2-8,10-11,13-18H2,1H3/t19-/m0/s1. The minimum Gasteiger partial charge on any atom is -0.379 e. The zero-order valence-electron chi connectivity index (χ0n) is 14.6. The van der Waals surface area contributed by atoms with E-state index in [9.17, 15) is 0 Å². The van der Waals surface area contributed by atoms with E-state index in [1.165, 1.54) is 51.4 Å². The van der Waals surface area contributed by atoms with Crippen LogP contribution >= 0.6 is 0 Å². The average molecular weight is 312 g/mol. The van der Waals surface area contributed by atoms with Crippen molar-refractivity contribution in [3.05, 3.63) is 12.2 Å². The normalized spacial score (nSPS) is 17.4. The number of allylic oxidation sites excluding steroid dienone is 1. The number of hydrogen-bond acceptors (Lipinski definition) is 3. The molecule has 1 rings (SSSR count). The summed E-state index contributed by atoms with van der Waals surface area (Å²) in [6.07, 6.45) is 17.7. The molecule has 1 aliphatic rings. The third kappa shape index (κ3) is 14.6. The fourth-order valence-corrected chi connectivity index (χ4v) is 2.36. The molecule has 0 aromatic heterocycles. The van der Waals surface area contributed by atoms with Gasteiger partial charge in [-0.15, -0.1) is 0 Å². The molecule has 0 spiro atoms. The zero-order chi connectivity index (χ0) is 15.7. The third-order valence-corrected chi connectivity index (χ3v) is 3.89. The van der Waals surface area contributed by atoms with Crippen molar-refractivity contribution < 1.29 is 14.2 Å². The Kier molecular flexibility index (Phi) is 13.9. The fraction of sp³-hybridized carbons (Fsp3) is 0.895. The van der Waals surface area contributed by atoms with Crippen molar-refractivity contribution in [2.75, 3.05) is 33.0 Å². The highest BCUT2D eigenvalue weighted by molar-refractivity contribution is 4.81. The van der Waals surface area contributed by atoms with Gasteiger partial charge in [0.15, 0.2) is 0 Å². The van der Waals surface area contributed by atoms with Crippen molar-refractivity contribution in [1.82, 2.24) is 0 Å². The van der Waals surface area contributed by atoms with E-state index >= 15 is 0 Å². The molecule has 1 aliphatic heterocycles. The lowest BCUT2D eigenvalue weighted by molar-refractivity contribution is 0.115. The molecule has 0 bridgehead atoms. The van der Waals surface area contributed by atoms with Gasteiger partial charge in [-0.25, -0.2) is 0 Å². The monoisotopic (exact) mass is 312 g/mol. The highest BCUT2D eigenvalue weighted by Gasteiger charge is 2.21. The van der Waals surface area contributed by atoms with Gasteiger partial charge in [0.05, 0.1) is 19.8 Å². The smallest absolute Gasteiger partial charge is 0.104 e. The van der Waals surface area contributed by atoms with Gasteiger partial charge in [-0.1, -0.05) is 64.0 Å². The SMILES string of the molecule is CCCCCCCCCCOCC=CCCCOC[C@H]1CO1. The van der Waals surface area contributed by atoms with Crippen LogP contribution in [0.4, 0.5) is 0 Å². The summed E-state index contributed by atoms with van der Waals surface area (Å²) in [5, 5.41) is 0. The predicted molar refractivity (Wildman–Crippen MR) is 92.4 cm³/mol. The Bertz CT molecular complexity index is 249. The van der Waals surface area contributed by atoms with E-state index < -0.39 is 0 Å². The molecule has 130 valence electrons. The highest BCUT2D eigenvalue weighted by atomic mass is 16.6. The second kappa shape index (κ2) is 15.5. The molecule has 0 aromatic carbocycles. The van der Waals surface area contributed by atoms with E-state index in [-0.39, 0.29) is 0 Å². The van der Waals surface area contributed by atoms with Crippen molar-refractivity contribution in [2.24, 2.45) is 0 Å². The van der Waals surface area contributed by atoms with Gasteiger partial charge in [-0.05, 0) is 19.3 Å². The molecule has 0 radical (unpaired) electrons. The van der Waals surface area contributed by atoms with Crippen LogP contribution in [0.5, 0.6) is 0 Å². The lowest BCUT2D eigenvalue weighted by atomic mass is 10.1. The Hall–Kier alpha value is -0.380. The Morgan fingerprint density at radius 1 is 0.864 bits per heavy atom. The maximum absolute atomic E-state index is 5.61. The van der Waals surface area contributed by atoms with Gasteiger partial charge in [0.1, 0.15) is 6.10 Å². The van der Waals surface area contributed by atoms with Crippen molar-refractivity contribution in [3.63, 3.8) is 0 Å². The summed E-state index contributed by atoms with van der Waals surface area (Å²) in [4.78, 5) is 0. The van der Waals surface area contributed by atoms with Gasteiger partial charge in [0.25, 0.3) is 0 Å². The quantitative estimate of drug-likeness (QED) is 0.217. The lowest BCUT2D eigenvalue weighted by Crippen LogP contribution is -2.02. The summed E-state index contributed by atoms with van der Waals surface area (Å²) < 4.78 is 16.2. The Morgan fingerprint density at radius 3 is 2.27 bits per heavy atom. The van der Waals surface area contributed by atoms with Gasteiger partial charge in [-0.2, -0.15) is 0 Å². The second-order valence-electron chi connectivity index (χ2n) is 6.19. The molecule has 0 amide bonds. The zero-order valence-corrected chi connectivity index (χ0v) is 14.6. The van der Waals surface area contributed by atoms with Crippen molar-refractivity contribution >= 4 is 0 Å². The van der Waals surface area contributed by atoms with Crippen LogP contribution in [0.15, 0.2) is 12.2 Å². The number of ether oxygens (including phenoxy) is 3. The van der Waals surface area contributed by atoms with Crippen LogP contribution in [0.2, 0.25) is 0 Å². The predicted octanol–water partition coefficient (Wildman–Crippen LogP) is 4.90. The fourth-order valence-electron chi connectivity index (χ4n) is 2.36. The van der Waals surface area contributed by atoms with E-state index in [4.69, 9.17) is 14.2 Å². The molecule has 1 fully saturated rings. The van der Waals surface area contributed by atoms with Crippen LogP contribution in [0.25, 0.3) is 0 Å². The van der Waals surface area contributed by atoms with Crippen LogP contribution in [-0.2, 0) is 14.2 Å². The summed E-state index contributed by atoms with van der Waals surface area (Å²) in [5.74, 6) is 0. The number of rotatable bonds is 17. The van der Waals surface area contributed by atoms with Gasteiger partial charge < -0.3 is 14.2 Å². The summed E-state index contributed by atoms with van der Waals surface area (Å²) in [5.41, 5.74) is 0. The molecule has 22 heavy (non-hydrogen) atoms. The molecule has 1 saturated heterocycles. The molecule has 1 atom stereocenters. The molecule has 0 unspecified atom stereocenters. The van der Waals surface area contributed by atoms with E-state index in [1.807, 2.05) is 0 Å². The molecular weight excluding hydrogens is 276 g/mol. The summed E-state index contributed by atoms with van der Waals surface area (Å²) in [7, 11) is 0. The molecule has 1 heterocycles. The summed E-state index contributed by atoms with van der Waals surface area (Å²) in [6.45, 7) is 6.42. The average Bonchev–Trinajstić information content (AvgIpc) is 3.34. The van der Waals surface area contributed by atoms with Crippen molar-refractivity contribution in [1.29, 1.82) is 0 Å². The van der Waals surface area contributed by atoms with Crippen LogP contribution in [0, 0.1) is 0 Å². The molecule has 3 nitrogen and oxygen atoms in total. The first-order valence-corrected chi connectivity index (χ1v) is 9.35. The molecular formula is C19H36O3. The van der Waals surface area contributed by atoms with Gasteiger partial charge in [0.2, 0.25) is 0 Å². The van der Waals surface area contributed by atoms with Crippen LogP contribution < -0.4 is 0 Å². The topological polar surface area (TPSA) is 31.0 Å². The number of hydrogen-bond donors (Lipinski definition) is 0. The minimum atomic E-state index is 0.389. The minimum absolute atomic E-state index is 0.389. The van der Waals surface area contributed by atoms with Crippen LogP contribution in [0.3, 0.4) is 0 Å². The largest absolute Gasteiger partial charge is 0.379 e. The van der Waals surface area contributed by atoms with Gasteiger partial charge >= 0.3 is 0 Å².